The van der Waals surface area contributed by atoms with Crippen LogP contribution in [0.15, 0.2) is 0 Å². The van der Waals surface area contributed by atoms with Crippen LogP contribution in [0.4, 0.5) is 0 Å². The van der Waals surface area contributed by atoms with Crippen LogP contribution >= 0.6 is 0 Å². The minimum Gasteiger partial charge on any atom is -0.291 e. The fourth-order valence-electron chi connectivity index (χ4n) is 1.32. The maximum Gasteiger partial charge on any atom is 0.198 e. The van der Waals surface area contributed by atoms with Gasteiger partial charge in [0.05, 0.1) is 0 Å². The molecular weight excluding hydrogens is 148 g/mol. The molecule has 1 heteroatoms. The Morgan fingerprint density at radius 3 is 2.25 bits per heavy atom. The molecule has 1 radical (unpaired) electrons. The standard InChI is InChI=1S/C11H21O/c1-10(2)6-4-7-11(3)8-5-9-12/h10-11H,4-8H2,1-3H3. The van der Waals surface area contributed by atoms with Crippen molar-refractivity contribution >= 4 is 6.29 Å². The van der Waals surface area contributed by atoms with Crippen molar-refractivity contribution < 1.29 is 4.79 Å². The lowest BCUT2D eigenvalue weighted by Crippen LogP contribution is -1.96. The smallest absolute Gasteiger partial charge is 0.198 e. The Kier molecular flexibility index (Phi) is 7.12. The molecule has 0 saturated carbocycles. The number of carbonyl (C=O) groups excluding carboxylic acids is 1. The van der Waals surface area contributed by atoms with Gasteiger partial charge in [-0.3, -0.25) is 4.79 Å². The molecule has 0 aromatic carbocycles. The van der Waals surface area contributed by atoms with Crippen LogP contribution in [-0.4, -0.2) is 6.29 Å². The zero-order chi connectivity index (χ0) is 9.40. The van der Waals surface area contributed by atoms with Gasteiger partial charge in [-0.05, 0) is 18.3 Å². The molecule has 0 bridgehead atoms. The summed E-state index contributed by atoms with van der Waals surface area (Å²) in [7, 11) is 0. The van der Waals surface area contributed by atoms with E-state index in [-0.39, 0.29) is 0 Å². The van der Waals surface area contributed by atoms with Crippen LogP contribution in [0.3, 0.4) is 0 Å². The molecule has 0 N–H and O–H groups in total. The monoisotopic (exact) mass is 169 g/mol. The molecule has 1 unspecified atom stereocenters. The van der Waals surface area contributed by atoms with Gasteiger partial charge in [-0.15, -0.1) is 0 Å². The first-order valence-electron chi connectivity index (χ1n) is 5.01. The summed E-state index contributed by atoms with van der Waals surface area (Å²) in [5.41, 5.74) is 0. The first-order valence-corrected chi connectivity index (χ1v) is 5.01. The summed E-state index contributed by atoms with van der Waals surface area (Å²) in [5.74, 6) is 1.51. The molecule has 0 aliphatic rings. The van der Waals surface area contributed by atoms with E-state index in [1.54, 1.807) is 0 Å². The highest BCUT2D eigenvalue weighted by molar-refractivity contribution is 5.50. The molecule has 0 amide bonds. The first-order chi connectivity index (χ1) is 5.66. The summed E-state index contributed by atoms with van der Waals surface area (Å²) in [6.45, 7) is 6.73. The van der Waals surface area contributed by atoms with Crippen molar-refractivity contribution in [3.05, 3.63) is 0 Å². The quantitative estimate of drug-likeness (QED) is 0.571. The Labute approximate surface area is 76.6 Å². The molecule has 0 aromatic rings. The lowest BCUT2D eigenvalue weighted by Gasteiger charge is -2.09. The zero-order valence-corrected chi connectivity index (χ0v) is 8.60. The summed E-state index contributed by atoms with van der Waals surface area (Å²) in [6.07, 6.45) is 7.46. The largest absolute Gasteiger partial charge is 0.291 e. The van der Waals surface area contributed by atoms with Crippen LogP contribution in [-0.2, 0) is 4.79 Å². The van der Waals surface area contributed by atoms with E-state index in [9.17, 15) is 4.79 Å². The summed E-state index contributed by atoms with van der Waals surface area (Å²) in [4.78, 5) is 9.97. The number of hydrogen-bond donors (Lipinski definition) is 0. The molecule has 0 heterocycles. The summed E-state index contributed by atoms with van der Waals surface area (Å²) in [5, 5.41) is 0. The van der Waals surface area contributed by atoms with Crippen molar-refractivity contribution in [3.63, 3.8) is 0 Å². The molecule has 0 aliphatic heterocycles. The molecule has 0 fully saturated rings. The second kappa shape index (κ2) is 7.33. The van der Waals surface area contributed by atoms with E-state index in [4.69, 9.17) is 0 Å². The van der Waals surface area contributed by atoms with Gasteiger partial charge in [0, 0.05) is 6.42 Å². The van der Waals surface area contributed by atoms with Gasteiger partial charge < -0.3 is 0 Å². The molecule has 0 aromatic heterocycles. The topological polar surface area (TPSA) is 17.1 Å². The third-order valence-electron chi connectivity index (χ3n) is 2.22. The third-order valence-corrected chi connectivity index (χ3v) is 2.22. The average molecular weight is 169 g/mol. The maximum absolute atomic E-state index is 9.97. The molecular formula is C11H21O. The summed E-state index contributed by atoms with van der Waals surface area (Å²) in [6, 6.07) is 0. The van der Waals surface area contributed by atoms with Gasteiger partial charge in [0.1, 0.15) is 0 Å². The van der Waals surface area contributed by atoms with Gasteiger partial charge in [0.25, 0.3) is 0 Å². The van der Waals surface area contributed by atoms with E-state index >= 15 is 0 Å². The van der Waals surface area contributed by atoms with Gasteiger partial charge in [-0.25, -0.2) is 0 Å². The van der Waals surface area contributed by atoms with Crippen molar-refractivity contribution in [1.82, 2.24) is 0 Å². The Morgan fingerprint density at radius 2 is 1.75 bits per heavy atom. The minimum absolute atomic E-state index is 0.614. The minimum atomic E-state index is 0.614. The second-order valence-corrected chi connectivity index (χ2v) is 4.11. The lowest BCUT2D eigenvalue weighted by atomic mass is 9.96. The van der Waals surface area contributed by atoms with E-state index in [0.717, 1.165) is 12.3 Å². The van der Waals surface area contributed by atoms with E-state index in [1.165, 1.54) is 19.3 Å². The predicted molar refractivity (Wildman–Crippen MR) is 52.8 cm³/mol. The Hall–Kier alpha value is -0.330. The number of hydrogen-bond acceptors (Lipinski definition) is 1. The summed E-state index contributed by atoms with van der Waals surface area (Å²) < 4.78 is 0. The van der Waals surface area contributed by atoms with Gasteiger partial charge in [-0.2, -0.15) is 0 Å². The van der Waals surface area contributed by atoms with Crippen molar-refractivity contribution in [1.29, 1.82) is 0 Å². The SMILES string of the molecule is CC(C)CCCC(C)CC[C]=O. The molecule has 0 saturated heterocycles. The van der Waals surface area contributed by atoms with E-state index in [0.29, 0.717) is 12.3 Å². The van der Waals surface area contributed by atoms with Crippen LogP contribution in [0.25, 0.3) is 0 Å². The van der Waals surface area contributed by atoms with Gasteiger partial charge in [0.15, 0.2) is 6.29 Å². The molecule has 12 heavy (non-hydrogen) atoms. The highest BCUT2D eigenvalue weighted by Crippen LogP contribution is 2.15. The van der Waals surface area contributed by atoms with Crippen molar-refractivity contribution in [2.75, 3.05) is 0 Å². The van der Waals surface area contributed by atoms with E-state index in [2.05, 4.69) is 20.8 Å². The highest BCUT2D eigenvalue weighted by Gasteiger charge is 2.02. The van der Waals surface area contributed by atoms with Crippen LogP contribution in [0.5, 0.6) is 0 Å². The highest BCUT2D eigenvalue weighted by atomic mass is 16.1. The van der Waals surface area contributed by atoms with Crippen LogP contribution in [0.1, 0.15) is 52.9 Å². The third kappa shape index (κ3) is 7.77. The van der Waals surface area contributed by atoms with Gasteiger partial charge >= 0.3 is 0 Å². The average Bonchev–Trinajstić information content (AvgIpc) is 2.00. The van der Waals surface area contributed by atoms with Crippen molar-refractivity contribution in [2.24, 2.45) is 11.8 Å². The normalized spacial score (nSPS) is 13.3. The fourth-order valence-corrected chi connectivity index (χ4v) is 1.32. The molecule has 1 atom stereocenters. The lowest BCUT2D eigenvalue weighted by molar-refractivity contribution is 0.437. The molecule has 0 spiro atoms. The van der Waals surface area contributed by atoms with Crippen molar-refractivity contribution in [2.45, 2.75) is 52.9 Å². The molecule has 0 rings (SSSR count). The Morgan fingerprint density at radius 1 is 1.08 bits per heavy atom. The molecule has 1 nitrogen and oxygen atoms in total. The molecule has 0 aliphatic carbocycles. The second-order valence-electron chi connectivity index (χ2n) is 4.11. The zero-order valence-electron chi connectivity index (χ0n) is 8.60. The maximum atomic E-state index is 9.97. The number of rotatable bonds is 7. The fraction of sp³-hybridized carbons (Fsp3) is 0.909. The molecule has 71 valence electrons. The first kappa shape index (κ1) is 11.7. The van der Waals surface area contributed by atoms with E-state index in [1.807, 2.05) is 6.29 Å². The Bertz CT molecular complexity index is 108. The van der Waals surface area contributed by atoms with Crippen LogP contribution in [0, 0.1) is 11.8 Å². The van der Waals surface area contributed by atoms with Gasteiger partial charge in [0.2, 0.25) is 0 Å². The van der Waals surface area contributed by atoms with Crippen LogP contribution in [0.2, 0.25) is 0 Å². The Balaban J connectivity index is 3.18. The van der Waals surface area contributed by atoms with Gasteiger partial charge in [-0.1, -0.05) is 40.0 Å². The van der Waals surface area contributed by atoms with E-state index < -0.39 is 0 Å². The predicted octanol–water partition coefficient (Wildman–Crippen LogP) is 3.34. The summed E-state index contributed by atoms with van der Waals surface area (Å²) >= 11 is 0. The van der Waals surface area contributed by atoms with Crippen molar-refractivity contribution in [3.8, 4) is 0 Å². The van der Waals surface area contributed by atoms with Crippen LogP contribution < -0.4 is 0 Å².